The van der Waals surface area contributed by atoms with Crippen molar-refractivity contribution in [2.45, 2.75) is 11.0 Å². The van der Waals surface area contributed by atoms with Gasteiger partial charge >= 0.3 is 0 Å². The zero-order valence-corrected chi connectivity index (χ0v) is 9.43. The highest BCUT2D eigenvalue weighted by atomic mass is 32.2. The van der Waals surface area contributed by atoms with E-state index in [1.165, 1.54) is 4.90 Å². The minimum atomic E-state index is 0.324. The highest BCUT2D eigenvalue weighted by Gasteiger charge is 2.13. The maximum atomic E-state index is 5.71. The van der Waals surface area contributed by atoms with E-state index in [2.05, 4.69) is 11.4 Å². The molecule has 1 atom stereocenters. The first-order valence-corrected chi connectivity index (χ1v) is 6.14. The van der Waals surface area contributed by atoms with E-state index in [9.17, 15) is 0 Å². The number of nitrogen functional groups attached to an aromatic ring is 1. The molecule has 2 rings (SSSR count). The summed E-state index contributed by atoms with van der Waals surface area (Å²) in [6.45, 7) is 2.75. The molecule has 82 valence electrons. The molecule has 1 aliphatic rings. The summed E-state index contributed by atoms with van der Waals surface area (Å²) in [5, 5.41) is 3.32. The lowest BCUT2D eigenvalue weighted by molar-refractivity contribution is 0.0441. The first-order valence-electron chi connectivity index (χ1n) is 5.15. The number of nitrogens with two attached hydrogens (primary N) is 1. The Morgan fingerprint density at radius 2 is 2.47 bits per heavy atom. The average molecular weight is 224 g/mol. The van der Waals surface area contributed by atoms with E-state index >= 15 is 0 Å². The summed E-state index contributed by atoms with van der Waals surface area (Å²) in [7, 11) is 0. The molecule has 4 heteroatoms. The predicted molar refractivity (Wildman–Crippen MR) is 64.2 cm³/mol. The number of rotatable bonds is 3. The minimum absolute atomic E-state index is 0.324. The molecule has 0 saturated carbocycles. The first kappa shape index (κ1) is 10.8. The fourth-order valence-corrected chi connectivity index (χ4v) is 2.51. The maximum Gasteiger partial charge on any atom is 0.0793 e. The number of thioether (sulfide) groups is 1. The highest BCUT2D eigenvalue weighted by molar-refractivity contribution is 7.99. The van der Waals surface area contributed by atoms with Gasteiger partial charge in [0.2, 0.25) is 0 Å². The van der Waals surface area contributed by atoms with E-state index in [4.69, 9.17) is 10.5 Å². The Labute approximate surface area is 94.4 Å². The van der Waals surface area contributed by atoms with Crippen molar-refractivity contribution >= 4 is 17.4 Å². The van der Waals surface area contributed by atoms with E-state index in [0.717, 1.165) is 31.1 Å². The fraction of sp³-hybridized carbons (Fsp3) is 0.455. The zero-order chi connectivity index (χ0) is 10.5. The van der Waals surface area contributed by atoms with Gasteiger partial charge in [0.1, 0.15) is 0 Å². The Morgan fingerprint density at radius 3 is 3.20 bits per heavy atom. The van der Waals surface area contributed by atoms with Crippen LogP contribution in [0.4, 0.5) is 5.69 Å². The monoisotopic (exact) mass is 224 g/mol. The van der Waals surface area contributed by atoms with Crippen molar-refractivity contribution in [2.75, 3.05) is 31.2 Å². The molecule has 1 heterocycles. The van der Waals surface area contributed by atoms with E-state index in [1.54, 1.807) is 11.8 Å². The van der Waals surface area contributed by atoms with Crippen LogP contribution in [0.15, 0.2) is 29.2 Å². The second kappa shape index (κ2) is 5.39. The van der Waals surface area contributed by atoms with Gasteiger partial charge in [0.15, 0.2) is 0 Å². The predicted octanol–water partition coefficient (Wildman–Crippen LogP) is 1.35. The summed E-state index contributed by atoms with van der Waals surface area (Å²) in [5.41, 5.74) is 6.53. The smallest absolute Gasteiger partial charge is 0.0793 e. The maximum absolute atomic E-state index is 5.71. The molecule has 1 aliphatic heterocycles. The number of ether oxygens (including phenoxy) is 1. The molecule has 0 radical (unpaired) electrons. The van der Waals surface area contributed by atoms with Crippen molar-refractivity contribution in [3.05, 3.63) is 24.3 Å². The topological polar surface area (TPSA) is 47.3 Å². The Balaban J connectivity index is 1.81. The van der Waals surface area contributed by atoms with Crippen molar-refractivity contribution < 1.29 is 4.74 Å². The third kappa shape index (κ3) is 3.41. The third-order valence-electron chi connectivity index (χ3n) is 2.30. The van der Waals surface area contributed by atoms with Crippen LogP contribution in [0.25, 0.3) is 0 Å². The van der Waals surface area contributed by atoms with Gasteiger partial charge in [-0.25, -0.2) is 0 Å². The molecule has 3 nitrogen and oxygen atoms in total. The van der Waals surface area contributed by atoms with Crippen LogP contribution in [0, 0.1) is 0 Å². The van der Waals surface area contributed by atoms with Gasteiger partial charge in [-0.15, -0.1) is 11.8 Å². The molecule has 1 aromatic rings. The number of hydrogen-bond acceptors (Lipinski definition) is 4. The van der Waals surface area contributed by atoms with Gasteiger partial charge in [-0.3, -0.25) is 0 Å². The van der Waals surface area contributed by atoms with Gasteiger partial charge in [0.25, 0.3) is 0 Å². The van der Waals surface area contributed by atoms with E-state index < -0.39 is 0 Å². The van der Waals surface area contributed by atoms with Crippen LogP contribution in [0.5, 0.6) is 0 Å². The standard InChI is InChI=1S/C11H16N2OS/c12-9-2-1-3-11(6-9)15-8-10-7-13-4-5-14-10/h1-3,6,10,13H,4-5,7-8,12H2/t10-/m0/s1. The number of nitrogens with one attached hydrogen (secondary N) is 1. The lowest BCUT2D eigenvalue weighted by Gasteiger charge is -2.23. The third-order valence-corrected chi connectivity index (χ3v) is 3.42. The molecule has 1 aromatic carbocycles. The van der Waals surface area contributed by atoms with Gasteiger partial charge in [-0.2, -0.15) is 0 Å². The Morgan fingerprint density at radius 1 is 1.53 bits per heavy atom. The largest absolute Gasteiger partial charge is 0.399 e. The zero-order valence-electron chi connectivity index (χ0n) is 8.61. The molecule has 0 amide bonds. The van der Waals surface area contributed by atoms with E-state index in [-0.39, 0.29) is 0 Å². The summed E-state index contributed by atoms with van der Waals surface area (Å²) in [5.74, 6) is 0.983. The quantitative estimate of drug-likeness (QED) is 0.601. The van der Waals surface area contributed by atoms with Crippen molar-refractivity contribution in [3.63, 3.8) is 0 Å². The first-order chi connectivity index (χ1) is 7.34. The van der Waals surface area contributed by atoms with Gasteiger partial charge < -0.3 is 15.8 Å². The second-order valence-corrected chi connectivity index (χ2v) is 4.67. The molecular formula is C11H16N2OS. The molecular weight excluding hydrogens is 208 g/mol. The lowest BCUT2D eigenvalue weighted by atomic mass is 10.3. The Kier molecular flexibility index (Phi) is 3.88. The van der Waals surface area contributed by atoms with Crippen molar-refractivity contribution in [1.82, 2.24) is 5.32 Å². The molecule has 0 aliphatic carbocycles. The molecule has 1 saturated heterocycles. The van der Waals surface area contributed by atoms with Crippen LogP contribution in [-0.4, -0.2) is 31.6 Å². The number of benzene rings is 1. The van der Waals surface area contributed by atoms with Gasteiger partial charge in [0.05, 0.1) is 12.7 Å². The summed E-state index contributed by atoms with van der Waals surface area (Å²) < 4.78 is 5.62. The van der Waals surface area contributed by atoms with Gasteiger partial charge in [0, 0.05) is 29.4 Å². The lowest BCUT2D eigenvalue weighted by Crippen LogP contribution is -2.39. The molecule has 15 heavy (non-hydrogen) atoms. The van der Waals surface area contributed by atoms with Crippen LogP contribution in [-0.2, 0) is 4.74 Å². The Bertz CT molecular complexity index is 313. The van der Waals surface area contributed by atoms with E-state index in [1.807, 2.05) is 18.2 Å². The fourth-order valence-electron chi connectivity index (χ4n) is 1.52. The molecule has 0 bridgehead atoms. The van der Waals surface area contributed by atoms with Crippen molar-refractivity contribution in [2.24, 2.45) is 0 Å². The normalized spacial score (nSPS) is 21.5. The Hall–Kier alpha value is -0.710. The van der Waals surface area contributed by atoms with Crippen molar-refractivity contribution in [3.8, 4) is 0 Å². The van der Waals surface area contributed by atoms with Gasteiger partial charge in [-0.1, -0.05) is 6.07 Å². The summed E-state index contributed by atoms with van der Waals surface area (Å²) in [6.07, 6.45) is 0.324. The SMILES string of the molecule is Nc1cccc(SC[C@@H]2CNCCO2)c1. The number of hydrogen-bond donors (Lipinski definition) is 2. The second-order valence-electron chi connectivity index (χ2n) is 3.58. The van der Waals surface area contributed by atoms with Crippen LogP contribution in [0.1, 0.15) is 0 Å². The van der Waals surface area contributed by atoms with Crippen LogP contribution in [0.3, 0.4) is 0 Å². The molecule has 3 N–H and O–H groups in total. The minimum Gasteiger partial charge on any atom is -0.399 e. The molecule has 0 aromatic heterocycles. The average Bonchev–Trinajstić information content (AvgIpc) is 2.28. The van der Waals surface area contributed by atoms with Crippen molar-refractivity contribution in [1.29, 1.82) is 0 Å². The summed E-state index contributed by atoms with van der Waals surface area (Å²) >= 11 is 1.80. The number of morpholine rings is 1. The summed E-state index contributed by atoms with van der Waals surface area (Å²) in [4.78, 5) is 1.21. The van der Waals surface area contributed by atoms with E-state index in [0.29, 0.717) is 6.10 Å². The molecule has 1 fully saturated rings. The summed E-state index contributed by atoms with van der Waals surface area (Å²) in [6, 6.07) is 7.97. The highest BCUT2D eigenvalue weighted by Crippen LogP contribution is 2.21. The number of anilines is 1. The molecule has 0 unspecified atom stereocenters. The van der Waals surface area contributed by atoms with Crippen LogP contribution in [0.2, 0.25) is 0 Å². The molecule has 0 spiro atoms. The van der Waals surface area contributed by atoms with Crippen LogP contribution < -0.4 is 11.1 Å². The van der Waals surface area contributed by atoms with Gasteiger partial charge in [-0.05, 0) is 18.2 Å². The van der Waals surface area contributed by atoms with Crippen LogP contribution >= 0.6 is 11.8 Å².